The van der Waals surface area contributed by atoms with E-state index in [2.05, 4.69) is 15.1 Å². The molecule has 8 heteroatoms. The normalized spacial score (nSPS) is 11.3. The number of benzene rings is 3. The third kappa shape index (κ3) is 5.78. The molecule has 0 fully saturated rings. The highest BCUT2D eigenvalue weighted by molar-refractivity contribution is 7.92. The first-order valence-electron chi connectivity index (χ1n) is 11.3. The van der Waals surface area contributed by atoms with Gasteiger partial charge < -0.3 is 5.32 Å². The van der Waals surface area contributed by atoms with Gasteiger partial charge >= 0.3 is 0 Å². The van der Waals surface area contributed by atoms with E-state index in [4.69, 9.17) is 0 Å². The van der Waals surface area contributed by atoms with Crippen LogP contribution < -0.4 is 10.0 Å². The number of aromatic nitrogens is 2. The van der Waals surface area contributed by atoms with E-state index < -0.39 is 10.0 Å². The molecule has 0 aliphatic carbocycles. The van der Waals surface area contributed by atoms with Gasteiger partial charge in [0, 0.05) is 29.1 Å². The van der Waals surface area contributed by atoms with Gasteiger partial charge in [0.2, 0.25) is 0 Å². The molecule has 7 nitrogen and oxygen atoms in total. The molecule has 0 aliphatic rings. The van der Waals surface area contributed by atoms with Crippen LogP contribution in [0.25, 0.3) is 0 Å². The van der Waals surface area contributed by atoms with Gasteiger partial charge in [0.05, 0.1) is 17.1 Å². The van der Waals surface area contributed by atoms with Crippen molar-refractivity contribution in [1.29, 1.82) is 0 Å². The lowest BCUT2D eigenvalue weighted by atomic mass is 10.1. The van der Waals surface area contributed by atoms with E-state index in [0.717, 1.165) is 28.1 Å². The van der Waals surface area contributed by atoms with Crippen LogP contribution >= 0.6 is 0 Å². The molecule has 0 spiro atoms. The van der Waals surface area contributed by atoms with Crippen molar-refractivity contribution in [3.8, 4) is 0 Å². The molecule has 35 heavy (non-hydrogen) atoms. The SMILES string of the molecule is Cc1cccc(NS(=O)(=O)c2cccc(C(=O)NCc3c(C)nn(Cc4ccccc4)c3C)c2)c1. The molecule has 0 bridgehead atoms. The first-order chi connectivity index (χ1) is 16.7. The minimum absolute atomic E-state index is 0.0229. The Hall–Kier alpha value is -3.91. The summed E-state index contributed by atoms with van der Waals surface area (Å²) in [6, 6.07) is 23.2. The van der Waals surface area contributed by atoms with Gasteiger partial charge in [0.25, 0.3) is 15.9 Å². The second-order valence-corrected chi connectivity index (χ2v) is 10.2. The average Bonchev–Trinajstić information content (AvgIpc) is 3.10. The van der Waals surface area contributed by atoms with E-state index in [-0.39, 0.29) is 16.4 Å². The first-order valence-corrected chi connectivity index (χ1v) is 12.8. The van der Waals surface area contributed by atoms with Crippen molar-refractivity contribution in [1.82, 2.24) is 15.1 Å². The Morgan fingerprint density at radius 2 is 1.66 bits per heavy atom. The Balaban J connectivity index is 1.46. The van der Waals surface area contributed by atoms with Gasteiger partial charge in [-0.2, -0.15) is 5.10 Å². The molecule has 180 valence electrons. The van der Waals surface area contributed by atoms with E-state index >= 15 is 0 Å². The number of nitrogens with zero attached hydrogens (tertiary/aromatic N) is 2. The maximum Gasteiger partial charge on any atom is 0.261 e. The summed E-state index contributed by atoms with van der Waals surface area (Å²) >= 11 is 0. The van der Waals surface area contributed by atoms with E-state index in [1.54, 1.807) is 30.3 Å². The summed E-state index contributed by atoms with van der Waals surface area (Å²) in [5, 5.41) is 7.53. The highest BCUT2D eigenvalue weighted by Crippen LogP contribution is 2.19. The lowest BCUT2D eigenvalue weighted by Gasteiger charge is -2.11. The van der Waals surface area contributed by atoms with Crippen molar-refractivity contribution in [3.63, 3.8) is 0 Å². The predicted molar refractivity (Wildman–Crippen MR) is 137 cm³/mol. The van der Waals surface area contributed by atoms with Crippen LogP contribution in [0.1, 0.15) is 38.4 Å². The second kappa shape index (κ2) is 10.1. The summed E-state index contributed by atoms with van der Waals surface area (Å²) < 4.78 is 30.2. The van der Waals surface area contributed by atoms with Crippen LogP contribution in [0.4, 0.5) is 5.69 Å². The topological polar surface area (TPSA) is 93.1 Å². The Morgan fingerprint density at radius 3 is 2.40 bits per heavy atom. The van der Waals surface area contributed by atoms with Crippen molar-refractivity contribution in [2.75, 3.05) is 4.72 Å². The maximum atomic E-state index is 12.9. The molecule has 0 atom stereocenters. The number of anilines is 1. The van der Waals surface area contributed by atoms with Crippen molar-refractivity contribution < 1.29 is 13.2 Å². The van der Waals surface area contributed by atoms with Gasteiger partial charge in [-0.15, -0.1) is 0 Å². The van der Waals surface area contributed by atoms with Gasteiger partial charge in [-0.3, -0.25) is 14.2 Å². The Kier molecular flexibility index (Phi) is 7.02. The second-order valence-electron chi connectivity index (χ2n) is 8.48. The molecular weight excluding hydrogens is 460 g/mol. The predicted octanol–water partition coefficient (Wildman–Crippen LogP) is 4.59. The van der Waals surface area contributed by atoms with Crippen LogP contribution in [-0.2, 0) is 23.1 Å². The molecule has 1 heterocycles. The third-order valence-corrected chi connectivity index (χ3v) is 7.19. The van der Waals surface area contributed by atoms with E-state index in [1.807, 2.05) is 61.9 Å². The highest BCUT2D eigenvalue weighted by atomic mass is 32.2. The molecule has 0 aliphatic heterocycles. The van der Waals surface area contributed by atoms with E-state index in [9.17, 15) is 13.2 Å². The molecule has 0 unspecified atom stereocenters. The molecule has 4 aromatic rings. The number of hydrogen-bond donors (Lipinski definition) is 2. The molecule has 0 saturated heterocycles. The van der Waals surface area contributed by atoms with Crippen LogP contribution in [-0.4, -0.2) is 24.1 Å². The summed E-state index contributed by atoms with van der Waals surface area (Å²) in [6.07, 6.45) is 0. The highest BCUT2D eigenvalue weighted by Gasteiger charge is 2.18. The minimum Gasteiger partial charge on any atom is -0.348 e. The largest absolute Gasteiger partial charge is 0.348 e. The standard InChI is InChI=1S/C27H28N4O3S/c1-19-9-7-13-24(15-19)30-35(33,34)25-14-8-12-23(16-25)27(32)28-17-26-20(2)29-31(21(26)3)18-22-10-5-4-6-11-22/h4-16,30H,17-18H2,1-3H3,(H,28,32). The quantitative estimate of drug-likeness (QED) is 0.379. The summed E-state index contributed by atoms with van der Waals surface area (Å²) in [7, 11) is -3.84. The molecule has 2 N–H and O–H groups in total. The van der Waals surface area contributed by atoms with Crippen molar-refractivity contribution in [2.24, 2.45) is 0 Å². The molecule has 1 aromatic heterocycles. The third-order valence-electron chi connectivity index (χ3n) is 5.81. The zero-order valence-electron chi connectivity index (χ0n) is 19.9. The van der Waals surface area contributed by atoms with E-state index in [1.165, 1.54) is 12.1 Å². The van der Waals surface area contributed by atoms with Crippen LogP contribution in [0, 0.1) is 20.8 Å². The van der Waals surface area contributed by atoms with Crippen molar-refractivity contribution in [3.05, 3.63) is 113 Å². The molecule has 0 saturated carbocycles. The molecule has 1 amide bonds. The van der Waals surface area contributed by atoms with Gasteiger partial charge in [-0.1, -0.05) is 48.5 Å². The Morgan fingerprint density at radius 1 is 0.914 bits per heavy atom. The smallest absolute Gasteiger partial charge is 0.261 e. The summed E-state index contributed by atoms with van der Waals surface area (Å²) in [5.74, 6) is -0.354. The number of amides is 1. The average molecular weight is 489 g/mol. The maximum absolute atomic E-state index is 12.9. The fourth-order valence-corrected chi connectivity index (χ4v) is 4.99. The van der Waals surface area contributed by atoms with Crippen LogP contribution in [0.5, 0.6) is 0 Å². The van der Waals surface area contributed by atoms with Crippen molar-refractivity contribution >= 4 is 21.6 Å². The Bertz CT molecular complexity index is 1460. The summed E-state index contributed by atoms with van der Waals surface area (Å²) in [6.45, 7) is 6.73. The van der Waals surface area contributed by atoms with Crippen LogP contribution in [0.3, 0.4) is 0 Å². The monoisotopic (exact) mass is 488 g/mol. The van der Waals surface area contributed by atoms with E-state index in [0.29, 0.717) is 18.8 Å². The zero-order valence-corrected chi connectivity index (χ0v) is 20.8. The lowest BCUT2D eigenvalue weighted by Crippen LogP contribution is -2.24. The zero-order chi connectivity index (χ0) is 25.0. The number of nitrogens with one attached hydrogen (secondary N) is 2. The lowest BCUT2D eigenvalue weighted by molar-refractivity contribution is 0.0950. The molecule has 4 rings (SSSR count). The van der Waals surface area contributed by atoms with Crippen LogP contribution in [0.2, 0.25) is 0 Å². The number of aryl methyl sites for hydroxylation is 2. The fraction of sp³-hybridized carbons (Fsp3) is 0.185. The molecular formula is C27H28N4O3S. The number of hydrogen-bond acceptors (Lipinski definition) is 4. The minimum atomic E-state index is -3.84. The van der Waals surface area contributed by atoms with Gasteiger partial charge in [0.1, 0.15) is 0 Å². The van der Waals surface area contributed by atoms with Gasteiger partial charge in [-0.05, 0) is 62.2 Å². The van der Waals surface area contributed by atoms with Gasteiger partial charge in [-0.25, -0.2) is 8.42 Å². The number of sulfonamides is 1. The summed E-state index contributed by atoms with van der Waals surface area (Å²) in [5.41, 5.74) is 5.59. The van der Waals surface area contributed by atoms with Gasteiger partial charge in [0.15, 0.2) is 0 Å². The van der Waals surface area contributed by atoms with Crippen molar-refractivity contribution in [2.45, 2.75) is 38.8 Å². The first kappa shape index (κ1) is 24.2. The summed E-state index contributed by atoms with van der Waals surface area (Å²) in [4.78, 5) is 12.9. The molecule has 3 aromatic carbocycles. The Labute approximate surface area is 205 Å². The number of rotatable bonds is 8. The molecule has 0 radical (unpaired) electrons. The fourth-order valence-electron chi connectivity index (χ4n) is 3.90. The number of carbonyl (C=O) groups excluding carboxylic acids is 1. The number of carbonyl (C=O) groups is 1. The van der Waals surface area contributed by atoms with Crippen LogP contribution in [0.15, 0.2) is 83.8 Å².